The van der Waals surface area contributed by atoms with E-state index in [-0.39, 0.29) is 17.3 Å². The maximum atomic E-state index is 13.4. The van der Waals surface area contributed by atoms with Gasteiger partial charge in [-0.1, -0.05) is 48.0 Å². The van der Waals surface area contributed by atoms with Crippen molar-refractivity contribution in [2.45, 2.75) is 44.1 Å². The molecule has 0 saturated carbocycles. The first-order valence-electron chi connectivity index (χ1n) is 12.0. The molecule has 0 unspecified atom stereocenters. The number of carbonyl (C=O) groups is 1. The molecule has 1 aliphatic rings. The Bertz CT molecular complexity index is 1570. The number of aromatic nitrogens is 2. The summed E-state index contributed by atoms with van der Waals surface area (Å²) < 4.78 is 1.90. The van der Waals surface area contributed by atoms with Crippen molar-refractivity contribution in [3.63, 3.8) is 0 Å². The predicted molar refractivity (Wildman–Crippen MR) is 143 cm³/mol. The Morgan fingerprint density at radius 1 is 1.06 bits per heavy atom. The summed E-state index contributed by atoms with van der Waals surface area (Å²) in [4.78, 5) is 17.8. The van der Waals surface area contributed by atoms with E-state index in [0.717, 1.165) is 48.0 Å². The molecule has 2 N–H and O–H groups in total. The predicted octanol–water partition coefficient (Wildman–Crippen LogP) is 6.04. The Labute approximate surface area is 214 Å². The highest BCUT2D eigenvalue weighted by Crippen LogP contribution is 2.36. The van der Waals surface area contributed by atoms with Gasteiger partial charge in [0.2, 0.25) is 5.91 Å². The highest BCUT2D eigenvalue weighted by molar-refractivity contribution is 7.99. The molecule has 1 aliphatic carbocycles. The minimum Gasteiger partial charge on any atom is -0.383 e. The van der Waals surface area contributed by atoms with Crippen LogP contribution in [0.1, 0.15) is 52.0 Å². The van der Waals surface area contributed by atoms with Crippen molar-refractivity contribution in [3.05, 3.63) is 76.5 Å². The summed E-state index contributed by atoms with van der Waals surface area (Å²) in [6.45, 7) is 1.98. The summed E-state index contributed by atoms with van der Waals surface area (Å²) >= 11 is 1.33. The Morgan fingerprint density at radius 2 is 1.78 bits per heavy atom. The second kappa shape index (κ2) is 9.89. The van der Waals surface area contributed by atoms with Gasteiger partial charge in [0.15, 0.2) is 0 Å². The van der Waals surface area contributed by atoms with E-state index >= 15 is 0 Å². The van der Waals surface area contributed by atoms with Gasteiger partial charge in [-0.05, 0) is 49.8 Å². The SMILES string of the molecule is Cc1ccc(-c2c(C#N)c(N)nc(SCCC(=O)n3c4c(c5ccccc53)CCCC4)c2C#N)cc1. The number of nitrogens with two attached hydrogens (primary N) is 1. The molecule has 5 rings (SSSR count). The molecule has 4 aromatic rings. The van der Waals surface area contributed by atoms with Crippen molar-refractivity contribution in [3.8, 4) is 23.3 Å². The van der Waals surface area contributed by atoms with Crippen molar-refractivity contribution in [1.82, 2.24) is 9.55 Å². The molecule has 0 bridgehead atoms. The quantitative estimate of drug-likeness (QED) is 0.341. The van der Waals surface area contributed by atoms with Gasteiger partial charge in [0.25, 0.3) is 0 Å². The van der Waals surface area contributed by atoms with Crippen LogP contribution in [0.15, 0.2) is 53.6 Å². The number of aryl methyl sites for hydroxylation is 2. The van der Waals surface area contributed by atoms with Crippen molar-refractivity contribution < 1.29 is 4.79 Å². The van der Waals surface area contributed by atoms with Crippen LogP contribution in [0.2, 0.25) is 0 Å². The molecule has 0 spiro atoms. The lowest BCUT2D eigenvalue weighted by molar-refractivity contribution is 0.0912. The van der Waals surface area contributed by atoms with E-state index in [1.807, 2.05) is 54.0 Å². The highest BCUT2D eigenvalue weighted by Gasteiger charge is 2.24. The van der Waals surface area contributed by atoms with Gasteiger partial charge in [-0.15, -0.1) is 11.8 Å². The summed E-state index contributed by atoms with van der Waals surface area (Å²) in [6, 6.07) is 20.1. The third-order valence-electron chi connectivity index (χ3n) is 6.74. The highest BCUT2D eigenvalue weighted by atomic mass is 32.2. The van der Waals surface area contributed by atoms with E-state index in [1.54, 1.807) is 0 Å². The molecule has 0 amide bonds. The third kappa shape index (κ3) is 4.12. The van der Waals surface area contributed by atoms with E-state index < -0.39 is 0 Å². The maximum Gasteiger partial charge on any atom is 0.232 e. The summed E-state index contributed by atoms with van der Waals surface area (Å²) in [5, 5.41) is 21.4. The smallest absolute Gasteiger partial charge is 0.232 e. The number of nitrogen functional groups attached to an aromatic ring is 1. The van der Waals surface area contributed by atoms with E-state index in [1.165, 1.54) is 22.7 Å². The van der Waals surface area contributed by atoms with Crippen LogP contribution >= 0.6 is 11.8 Å². The number of nitriles is 2. The summed E-state index contributed by atoms with van der Waals surface area (Å²) in [6.07, 6.45) is 4.45. The minimum atomic E-state index is 0.0423. The largest absolute Gasteiger partial charge is 0.383 e. The number of fused-ring (bicyclic) bond motifs is 3. The second-order valence-corrected chi connectivity index (χ2v) is 10.1. The van der Waals surface area contributed by atoms with Crippen LogP contribution in [0, 0.1) is 29.6 Å². The molecule has 2 aromatic carbocycles. The van der Waals surface area contributed by atoms with Crippen LogP contribution in [-0.4, -0.2) is 21.2 Å². The fraction of sp³-hybridized carbons (Fsp3) is 0.241. The number of hydrogen-bond acceptors (Lipinski definition) is 6. The number of carbonyl (C=O) groups excluding carboxylic acids is 1. The number of anilines is 1. The average Bonchev–Trinajstić information content (AvgIpc) is 3.23. The van der Waals surface area contributed by atoms with Crippen LogP contribution in [0.25, 0.3) is 22.0 Å². The van der Waals surface area contributed by atoms with Crippen LogP contribution in [-0.2, 0) is 12.8 Å². The molecule has 0 radical (unpaired) electrons. The number of benzene rings is 2. The third-order valence-corrected chi connectivity index (χ3v) is 7.72. The molecule has 2 aromatic heterocycles. The van der Waals surface area contributed by atoms with E-state index in [0.29, 0.717) is 28.3 Å². The maximum absolute atomic E-state index is 13.4. The van der Waals surface area contributed by atoms with Gasteiger partial charge in [-0.2, -0.15) is 10.5 Å². The summed E-state index contributed by atoms with van der Waals surface area (Å²) in [5.41, 5.74) is 12.4. The molecule has 0 saturated heterocycles. The number of rotatable bonds is 5. The monoisotopic (exact) mass is 491 g/mol. The molecule has 2 heterocycles. The fourth-order valence-electron chi connectivity index (χ4n) is 5.04. The summed E-state index contributed by atoms with van der Waals surface area (Å²) in [5.74, 6) is 0.576. The molecular formula is C29H25N5OS. The molecule has 6 nitrogen and oxygen atoms in total. The molecule has 0 aliphatic heterocycles. The zero-order valence-corrected chi connectivity index (χ0v) is 20.9. The number of para-hydroxylation sites is 1. The number of nitrogens with zero attached hydrogens (tertiary/aromatic N) is 4. The fourth-order valence-corrected chi connectivity index (χ4v) is 5.96. The Balaban J connectivity index is 1.44. The van der Waals surface area contributed by atoms with E-state index in [2.05, 4.69) is 23.2 Å². The Morgan fingerprint density at radius 3 is 2.53 bits per heavy atom. The lowest BCUT2D eigenvalue weighted by atomic mass is 9.95. The van der Waals surface area contributed by atoms with E-state index in [4.69, 9.17) is 5.73 Å². The first-order chi connectivity index (χ1) is 17.5. The molecular weight excluding hydrogens is 466 g/mol. The van der Waals surface area contributed by atoms with E-state index in [9.17, 15) is 15.3 Å². The van der Waals surface area contributed by atoms with Crippen LogP contribution in [0.4, 0.5) is 5.82 Å². The standard InChI is InChI=1S/C29H25N5OS/c1-18-10-12-19(13-11-18)27-22(16-30)28(32)33-29(23(27)17-31)36-15-14-26(35)34-24-8-4-2-6-20(24)21-7-3-5-9-25(21)34/h2,4,6,8,10-13H,3,5,7,9,14-15H2,1H3,(H2,32,33). The zero-order chi connectivity index (χ0) is 25.2. The van der Waals surface area contributed by atoms with Gasteiger partial charge < -0.3 is 5.73 Å². The van der Waals surface area contributed by atoms with Crippen molar-refractivity contribution >= 4 is 34.4 Å². The topological polar surface area (TPSA) is 108 Å². The van der Waals surface area contributed by atoms with Gasteiger partial charge in [-0.25, -0.2) is 4.98 Å². The average molecular weight is 492 g/mol. The van der Waals surface area contributed by atoms with Crippen molar-refractivity contribution in [2.75, 3.05) is 11.5 Å². The van der Waals surface area contributed by atoms with Crippen LogP contribution in [0.5, 0.6) is 0 Å². The first kappa shape index (κ1) is 23.7. The Kier molecular flexibility index (Phi) is 6.50. The lowest BCUT2D eigenvalue weighted by Crippen LogP contribution is -2.16. The van der Waals surface area contributed by atoms with Gasteiger partial charge in [0.1, 0.15) is 28.5 Å². The number of thioether (sulfide) groups is 1. The van der Waals surface area contributed by atoms with Crippen molar-refractivity contribution in [1.29, 1.82) is 10.5 Å². The molecule has 7 heteroatoms. The van der Waals surface area contributed by atoms with Gasteiger partial charge in [-0.3, -0.25) is 9.36 Å². The Hall–Kier alpha value is -4.07. The number of pyridine rings is 1. The lowest BCUT2D eigenvalue weighted by Gasteiger charge is -2.15. The minimum absolute atomic E-state index is 0.0423. The molecule has 0 atom stereocenters. The first-order valence-corrected chi connectivity index (χ1v) is 13.0. The molecule has 0 fully saturated rings. The molecule has 178 valence electrons. The van der Waals surface area contributed by atoms with Crippen LogP contribution < -0.4 is 5.73 Å². The van der Waals surface area contributed by atoms with Crippen LogP contribution in [0.3, 0.4) is 0 Å². The summed E-state index contributed by atoms with van der Waals surface area (Å²) in [7, 11) is 0. The van der Waals surface area contributed by atoms with Gasteiger partial charge >= 0.3 is 0 Å². The normalized spacial score (nSPS) is 12.6. The number of hydrogen-bond donors (Lipinski definition) is 1. The molecule has 36 heavy (non-hydrogen) atoms. The van der Waals surface area contributed by atoms with Gasteiger partial charge in [0, 0.05) is 28.8 Å². The second-order valence-electron chi connectivity index (χ2n) is 8.99. The zero-order valence-electron chi connectivity index (χ0n) is 20.0. The van der Waals surface area contributed by atoms with Crippen molar-refractivity contribution in [2.24, 2.45) is 0 Å². The van der Waals surface area contributed by atoms with Gasteiger partial charge in [0.05, 0.1) is 11.1 Å².